The number of anilines is 4. The summed E-state index contributed by atoms with van der Waals surface area (Å²) in [6, 6.07) is 16.3. The molecule has 0 saturated heterocycles. The predicted molar refractivity (Wildman–Crippen MR) is 231 cm³/mol. The number of aromatic amines is 2. The minimum absolute atomic E-state index is 0.00526. The molecule has 316 valence electrons. The minimum Gasteiger partial charge on any atom is -0.454 e. The topological polar surface area (TPSA) is 264 Å². The van der Waals surface area contributed by atoms with Crippen molar-refractivity contribution >= 4 is 81.2 Å². The molecule has 2 saturated carbocycles. The Morgan fingerprint density at radius 2 is 0.935 bits per heavy atom. The van der Waals surface area contributed by atoms with Crippen molar-refractivity contribution in [2.75, 3.05) is 22.1 Å². The van der Waals surface area contributed by atoms with Gasteiger partial charge in [0.15, 0.2) is 11.5 Å². The van der Waals surface area contributed by atoms with Gasteiger partial charge in [0.25, 0.3) is 11.1 Å². The van der Waals surface area contributed by atoms with Gasteiger partial charge in [0, 0.05) is 11.4 Å². The van der Waals surface area contributed by atoms with Gasteiger partial charge in [0.05, 0.1) is 42.3 Å². The lowest BCUT2D eigenvalue weighted by molar-refractivity contribution is -0.119. The number of H-pyrrole nitrogens is 2. The molecule has 2 spiro atoms. The Morgan fingerprint density at radius 3 is 1.26 bits per heavy atom. The summed E-state index contributed by atoms with van der Waals surface area (Å²) in [5, 5.41) is 13.8. The fourth-order valence-electron chi connectivity index (χ4n) is 8.02. The third-order valence-electron chi connectivity index (χ3n) is 11.5. The number of halogens is 4. The van der Waals surface area contributed by atoms with Gasteiger partial charge < -0.3 is 31.6 Å². The van der Waals surface area contributed by atoms with Crippen LogP contribution in [-0.2, 0) is 20.4 Å². The molecule has 8 N–H and O–H groups in total. The molecule has 2 fully saturated rings. The largest absolute Gasteiger partial charge is 0.454 e. The molecule has 4 atom stereocenters. The first-order chi connectivity index (χ1) is 29.4. The molecular weight excluding hydrogens is 890 g/mol. The van der Waals surface area contributed by atoms with E-state index in [1.54, 1.807) is 24.3 Å². The number of benzene rings is 4. The molecular formula is C40H30Cl4N10O8. The maximum atomic E-state index is 12.4. The monoisotopic (exact) mass is 918 g/mol. The predicted octanol–water partition coefficient (Wildman–Crippen LogP) is 5.66. The summed E-state index contributed by atoms with van der Waals surface area (Å²) in [5.74, 6) is 1.05. The SMILES string of the molecule is CC1C[C@@]12C(=O)Nc1ccc(Oc3c(Cl)cc(-n4nc(N)c(=O)[nH]c4=O)cc3Cl)cc12.CC1C[C@]12C(=O)Nc1ccc(Oc3c(Cl)cc(-n4nc(N)c(=O)[nH]c4=O)cc3Cl)cc12. The summed E-state index contributed by atoms with van der Waals surface area (Å²) in [4.78, 5) is 75.9. The molecule has 18 nitrogen and oxygen atoms in total. The number of nitrogens with one attached hydrogen (secondary N) is 4. The van der Waals surface area contributed by atoms with E-state index >= 15 is 0 Å². The van der Waals surface area contributed by atoms with E-state index in [9.17, 15) is 28.8 Å². The van der Waals surface area contributed by atoms with Crippen LogP contribution in [0.25, 0.3) is 11.4 Å². The Hall–Kier alpha value is -6.60. The van der Waals surface area contributed by atoms with Crippen molar-refractivity contribution in [3.8, 4) is 34.4 Å². The number of amides is 2. The summed E-state index contributed by atoms with van der Waals surface area (Å²) >= 11 is 25.5. The van der Waals surface area contributed by atoms with E-state index < -0.39 is 33.3 Å². The van der Waals surface area contributed by atoms with Crippen molar-refractivity contribution in [1.82, 2.24) is 29.5 Å². The lowest BCUT2D eigenvalue weighted by Gasteiger charge is -2.14. The van der Waals surface area contributed by atoms with Crippen molar-refractivity contribution in [2.45, 2.75) is 37.5 Å². The average molecular weight is 921 g/mol. The molecule has 2 aromatic heterocycles. The number of rotatable bonds is 6. The van der Waals surface area contributed by atoms with Gasteiger partial charge in [-0.1, -0.05) is 60.3 Å². The molecule has 10 rings (SSSR count). The lowest BCUT2D eigenvalue weighted by atomic mass is 9.95. The first-order valence-corrected chi connectivity index (χ1v) is 20.2. The molecule has 4 aliphatic rings. The van der Waals surface area contributed by atoms with E-state index in [1.807, 2.05) is 26.0 Å². The Bertz CT molecular complexity index is 2960. The number of carbonyl (C=O) groups excluding carboxylic acids is 2. The number of hydrogen-bond donors (Lipinski definition) is 6. The number of nitrogens with two attached hydrogens (primary N) is 2. The number of aromatic nitrogens is 6. The Kier molecular flexibility index (Phi) is 9.55. The van der Waals surface area contributed by atoms with E-state index in [2.05, 4.69) is 30.8 Å². The van der Waals surface area contributed by atoms with Gasteiger partial charge in [0.2, 0.25) is 23.5 Å². The standard InChI is InChI=1S/2C20H15Cl2N5O4/c2*1-8-7-20(8)11-6-10(2-3-14(11)24-18(20)29)31-15-12(21)4-9(5-13(15)22)27-19(30)25-17(28)16(23)26-27/h2*2-6,8H,7H2,1H3,(H2,23,26)(H,24,29)(H,25,28,30)/t2*8?,20-/m10/s1. The zero-order valence-electron chi connectivity index (χ0n) is 32.1. The highest BCUT2D eigenvalue weighted by Gasteiger charge is 2.63. The molecule has 4 heterocycles. The molecule has 62 heavy (non-hydrogen) atoms. The van der Waals surface area contributed by atoms with Crippen LogP contribution >= 0.6 is 46.4 Å². The van der Waals surface area contributed by atoms with Crippen molar-refractivity contribution in [1.29, 1.82) is 0 Å². The van der Waals surface area contributed by atoms with Crippen LogP contribution < -0.4 is 54.1 Å². The smallest absolute Gasteiger partial charge is 0.349 e. The Balaban J connectivity index is 0.000000158. The summed E-state index contributed by atoms with van der Waals surface area (Å²) in [6.45, 7) is 4.07. The molecule has 0 radical (unpaired) electrons. The highest BCUT2D eigenvalue weighted by atomic mass is 35.5. The van der Waals surface area contributed by atoms with Gasteiger partial charge in [-0.25, -0.2) is 9.59 Å². The molecule has 2 amide bonds. The summed E-state index contributed by atoms with van der Waals surface area (Å²) in [5.41, 5.74) is 10.6. The minimum atomic E-state index is -0.792. The molecule has 2 unspecified atom stereocenters. The van der Waals surface area contributed by atoms with Crippen molar-refractivity contribution in [3.63, 3.8) is 0 Å². The van der Waals surface area contributed by atoms with Crippen molar-refractivity contribution in [2.24, 2.45) is 11.8 Å². The molecule has 0 bridgehead atoms. The van der Waals surface area contributed by atoms with Gasteiger partial charge in [0.1, 0.15) is 11.5 Å². The van der Waals surface area contributed by atoms with Crippen LogP contribution in [0.1, 0.15) is 37.8 Å². The number of nitrogen functional groups attached to an aromatic ring is 2. The Labute approximate surface area is 367 Å². The van der Waals surface area contributed by atoms with Crippen LogP contribution in [0, 0.1) is 11.8 Å². The van der Waals surface area contributed by atoms with E-state index in [1.165, 1.54) is 24.3 Å². The van der Waals surface area contributed by atoms with Crippen LogP contribution in [0.2, 0.25) is 20.1 Å². The lowest BCUT2D eigenvalue weighted by Crippen LogP contribution is -2.33. The third-order valence-corrected chi connectivity index (χ3v) is 12.6. The van der Waals surface area contributed by atoms with Crippen molar-refractivity contribution in [3.05, 3.63) is 134 Å². The average Bonchev–Trinajstić information content (AvgIpc) is 4.05. The highest BCUT2D eigenvalue weighted by molar-refractivity contribution is 6.38. The summed E-state index contributed by atoms with van der Waals surface area (Å²) < 4.78 is 13.6. The van der Waals surface area contributed by atoms with Crippen LogP contribution in [0.4, 0.5) is 23.0 Å². The number of ether oxygens (including phenoxy) is 2. The normalized spacial score (nSPS) is 21.1. The van der Waals surface area contributed by atoms with Crippen LogP contribution in [0.5, 0.6) is 23.0 Å². The van der Waals surface area contributed by atoms with Gasteiger partial charge in [-0.2, -0.15) is 9.36 Å². The number of carbonyl (C=O) groups is 2. The Morgan fingerprint density at radius 1 is 0.597 bits per heavy atom. The van der Waals surface area contributed by atoms with Gasteiger partial charge in [-0.3, -0.25) is 29.1 Å². The zero-order chi connectivity index (χ0) is 44.2. The van der Waals surface area contributed by atoms with Crippen molar-refractivity contribution < 1.29 is 19.1 Å². The number of hydrogen-bond acceptors (Lipinski definition) is 12. The summed E-state index contributed by atoms with van der Waals surface area (Å²) in [6.07, 6.45) is 1.57. The molecule has 22 heteroatoms. The third kappa shape index (κ3) is 6.57. The second-order valence-electron chi connectivity index (χ2n) is 15.3. The van der Waals surface area contributed by atoms with Gasteiger partial charge in [-0.05, 0) is 96.5 Å². The quantitative estimate of drug-likeness (QED) is 0.118. The molecule has 6 aromatic rings. The first kappa shape index (κ1) is 40.8. The molecule has 2 aliphatic carbocycles. The maximum Gasteiger partial charge on any atom is 0.349 e. The number of fused-ring (bicyclic) bond motifs is 4. The first-order valence-electron chi connectivity index (χ1n) is 18.7. The van der Waals surface area contributed by atoms with Crippen LogP contribution in [0.15, 0.2) is 79.8 Å². The number of nitrogens with zero attached hydrogens (tertiary/aromatic N) is 4. The van der Waals surface area contributed by atoms with Gasteiger partial charge in [-0.15, -0.1) is 10.2 Å². The second kappa shape index (κ2) is 14.5. The fourth-order valence-corrected chi connectivity index (χ4v) is 9.12. The van der Waals surface area contributed by atoms with E-state index in [0.29, 0.717) is 11.5 Å². The van der Waals surface area contributed by atoms with Crippen LogP contribution in [-0.4, -0.2) is 41.3 Å². The fraction of sp³-hybridized carbons (Fsp3) is 0.200. The highest BCUT2D eigenvalue weighted by Crippen LogP contribution is 2.61. The van der Waals surface area contributed by atoms with E-state index in [0.717, 1.165) is 44.7 Å². The molecule has 4 aromatic carbocycles. The van der Waals surface area contributed by atoms with E-state index in [4.69, 9.17) is 67.3 Å². The molecule has 2 aliphatic heterocycles. The van der Waals surface area contributed by atoms with E-state index in [-0.39, 0.29) is 78.3 Å². The van der Waals surface area contributed by atoms with Crippen LogP contribution in [0.3, 0.4) is 0 Å². The van der Waals surface area contributed by atoms with Gasteiger partial charge >= 0.3 is 11.4 Å². The summed E-state index contributed by atoms with van der Waals surface area (Å²) in [7, 11) is 0. The maximum absolute atomic E-state index is 12.4. The zero-order valence-corrected chi connectivity index (χ0v) is 35.1. The second-order valence-corrected chi connectivity index (χ2v) is 16.9.